The van der Waals surface area contributed by atoms with Gasteiger partial charge in [0, 0.05) is 16.2 Å². The summed E-state index contributed by atoms with van der Waals surface area (Å²) in [6, 6.07) is 14.4. The maximum absolute atomic E-state index is 8.94. The van der Waals surface area contributed by atoms with E-state index in [9.17, 15) is 0 Å². The molecule has 0 unspecified atom stereocenters. The van der Waals surface area contributed by atoms with Crippen LogP contribution in [0.25, 0.3) is 0 Å². The molecule has 0 aliphatic carbocycles. The van der Waals surface area contributed by atoms with Gasteiger partial charge in [0.15, 0.2) is 0 Å². The van der Waals surface area contributed by atoms with Crippen LogP contribution in [0.4, 0.5) is 5.69 Å². The first-order chi connectivity index (χ1) is 8.19. The van der Waals surface area contributed by atoms with Crippen LogP contribution in [-0.4, -0.2) is 0 Å². The molecule has 3 nitrogen and oxygen atoms in total. The molecule has 2 rings (SSSR count). The van der Waals surface area contributed by atoms with Crippen LogP contribution in [0.1, 0.15) is 5.56 Å². The standard InChI is InChI=1S/C13H9BrN2O/c14-10-5-11(16)7-12(6-10)17-13-4-2-1-3-9(13)8-15/h1-7H,16H2. The molecule has 0 atom stereocenters. The predicted molar refractivity (Wildman–Crippen MR) is 69.8 cm³/mol. The zero-order valence-corrected chi connectivity index (χ0v) is 10.4. The van der Waals surface area contributed by atoms with Gasteiger partial charge in [-0.05, 0) is 24.3 Å². The quantitative estimate of drug-likeness (QED) is 0.858. The number of rotatable bonds is 2. The fourth-order valence-corrected chi connectivity index (χ4v) is 1.91. The van der Waals surface area contributed by atoms with Crippen molar-refractivity contribution in [1.82, 2.24) is 0 Å². The Morgan fingerprint density at radius 2 is 1.94 bits per heavy atom. The van der Waals surface area contributed by atoms with Crippen molar-refractivity contribution in [3.8, 4) is 17.6 Å². The lowest BCUT2D eigenvalue weighted by Gasteiger charge is -2.08. The molecule has 2 N–H and O–H groups in total. The van der Waals surface area contributed by atoms with E-state index in [0.717, 1.165) is 4.47 Å². The van der Waals surface area contributed by atoms with Crippen molar-refractivity contribution in [1.29, 1.82) is 5.26 Å². The van der Waals surface area contributed by atoms with Crippen molar-refractivity contribution in [3.05, 3.63) is 52.5 Å². The Morgan fingerprint density at radius 1 is 1.18 bits per heavy atom. The van der Waals surface area contributed by atoms with E-state index in [4.69, 9.17) is 15.7 Å². The molecule has 4 heteroatoms. The fourth-order valence-electron chi connectivity index (χ4n) is 1.42. The third-order valence-electron chi connectivity index (χ3n) is 2.13. The van der Waals surface area contributed by atoms with E-state index in [-0.39, 0.29) is 0 Å². The lowest BCUT2D eigenvalue weighted by atomic mass is 10.2. The Labute approximate surface area is 108 Å². The normalized spacial score (nSPS) is 9.65. The van der Waals surface area contributed by atoms with E-state index in [1.165, 1.54) is 0 Å². The van der Waals surface area contributed by atoms with Crippen LogP contribution in [-0.2, 0) is 0 Å². The van der Waals surface area contributed by atoms with Gasteiger partial charge in [-0.1, -0.05) is 28.1 Å². The summed E-state index contributed by atoms with van der Waals surface area (Å²) in [5.41, 5.74) is 6.80. The Morgan fingerprint density at radius 3 is 2.65 bits per heavy atom. The van der Waals surface area contributed by atoms with Gasteiger partial charge in [0.2, 0.25) is 0 Å². The van der Waals surface area contributed by atoms with E-state index < -0.39 is 0 Å². The van der Waals surface area contributed by atoms with Crippen molar-refractivity contribution < 1.29 is 4.74 Å². The van der Waals surface area contributed by atoms with Gasteiger partial charge < -0.3 is 10.5 Å². The van der Waals surface area contributed by atoms with Crippen LogP contribution >= 0.6 is 15.9 Å². The number of halogens is 1. The predicted octanol–water partition coefficient (Wildman–Crippen LogP) is 3.70. The molecule has 0 heterocycles. The van der Waals surface area contributed by atoms with Crippen LogP contribution in [0.15, 0.2) is 46.9 Å². The largest absolute Gasteiger partial charge is 0.456 e. The van der Waals surface area contributed by atoms with Crippen molar-refractivity contribution >= 4 is 21.6 Å². The number of nitriles is 1. The third-order valence-corrected chi connectivity index (χ3v) is 2.59. The van der Waals surface area contributed by atoms with Gasteiger partial charge in [0.05, 0.1) is 5.56 Å². The molecule has 0 bridgehead atoms. The molecule has 0 aliphatic heterocycles. The summed E-state index contributed by atoms with van der Waals surface area (Å²) in [6.07, 6.45) is 0. The van der Waals surface area contributed by atoms with E-state index in [1.54, 1.807) is 36.4 Å². The molecule has 0 amide bonds. The average Bonchev–Trinajstić information content (AvgIpc) is 2.28. The molecular formula is C13H9BrN2O. The van der Waals surface area contributed by atoms with Crippen LogP contribution in [0.5, 0.6) is 11.5 Å². The molecule has 84 valence electrons. The van der Waals surface area contributed by atoms with E-state index in [0.29, 0.717) is 22.7 Å². The van der Waals surface area contributed by atoms with Gasteiger partial charge in [-0.25, -0.2) is 0 Å². The number of anilines is 1. The minimum absolute atomic E-state index is 0.492. The molecule has 0 spiro atoms. The van der Waals surface area contributed by atoms with E-state index in [2.05, 4.69) is 22.0 Å². The topological polar surface area (TPSA) is 59.0 Å². The number of para-hydroxylation sites is 1. The van der Waals surface area contributed by atoms with E-state index >= 15 is 0 Å². The molecule has 2 aromatic carbocycles. The highest BCUT2D eigenvalue weighted by Gasteiger charge is 2.04. The zero-order valence-electron chi connectivity index (χ0n) is 8.85. The number of hydrogen-bond acceptors (Lipinski definition) is 3. The molecule has 0 aromatic heterocycles. The van der Waals surface area contributed by atoms with Gasteiger partial charge in [-0.15, -0.1) is 0 Å². The fraction of sp³-hybridized carbons (Fsp3) is 0. The number of nitrogens with two attached hydrogens (primary N) is 1. The number of ether oxygens (including phenoxy) is 1. The first-order valence-electron chi connectivity index (χ1n) is 4.92. The first-order valence-corrected chi connectivity index (χ1v) is 5.71. The van der Waals surface area contributed by atoms with Crippen molar-refractivity contribution in [2.45, 2.75) is 0 Å². The summed E-state index contributed by atoms with van der Waals surface area (Å²) in [7, 11) is 0. The Balaban J connectivity index is 2.35. The van der Waals surface area contributed by atoms with Crippen LogP contribution in [0.2, 0.25) is 0 Å². The minimum atomic E-state index is 0.492. The van der Waals surface area contributed by atoms with Crippen LogP contribution in [0.3, 0.4) is 0 Å². The van der Waals surface area contributed by atoms with Crippen molar-refractivity contribution in [2.24, 2.45) is 0 Å². The number of hydrogen-bond donors (Lipinski definition) is 1. The Kier molecular flexibility index (Phi) is 3.31. The Bertz CT molecular complexity index is 570. The summed E-state index contributed by atoms with van der Waals surface area (Å²) in [5, 5.41) is 8.94. The van der Waals surface area contributed by atoms with Crippen molar-refractivity contribution in [3.63, 3.8) is 0 Å². The lowest BCUT2D eigenvalue weighted by Crippen LogP contribution is -1.90. The zero-order chi connectivity index (χ0) is 12.3. The molecule has 17 heavy (non-hydrogen) atoms. The summed E-state index contributed by atoms with van der Waals surface area (Å²) in [6.45, 7) is 0. The average molecular weight is 289 g/mol. The molecule has 0 radical (unpaired) electrons. The highest BCUT2D eigenvalue weighted by atomic mass is 79.9. The number of nitrogen functional groups attached to an aromatic ring is 1. The second-order valence-electron chi connectivity index (χ2n) is 3.43. The second-order valence-corrected chi connectivity index (χ2v) is 4.35. The van der Waals surface area contributed by atoms with Crippen LogP contribution in [0, 0.1) is 11.3 Å². The summed E-state index contributed by atoms with van der Waals surface area (Å²) in [4.78, 5) is 0. The summed E-state index contributed by atoms with van der Waals surface area (Å²) in [5.74, 6) is 1.12. The van der Waals surface area contributed by atoms with Gasteiger partial charge in [0.1, 0.15) is 17.6 Å². The maximum atomic E-state index is 8.94. The molecule has 2 aromatic rings. The number of benzene rings is 2. The maximum Gasteiger partial charge on any atom is 0.145 e. The lowest BCUT2D eigenvalue weighted by molar-refractivity contribution is 0.481. The molecule has 0 saturated carbocycles. The molecule has 0 saturated heterocycles. The second kappa shape index (κ2) is 4.89. The first kappa shape index (κ1) is 11.5. The Hall–Kier alpha value is -1.99. The molecular weight excluding hydrogens is 280 g/mol. The summed E-state index contributed by atoms with van der Waals surface area (Å²) >= 11 is 3.34. The SMILES string of the molecule is N#Cc1ccccc1Oc1cc(N)cc(Br)c1. The number of nitrogens with zero attached hydrogens (tertiary/aromatic N) is 1. The van der Waals surface area contributed by atoms with Crippen LogP contribution < -0.4 is 10.5 Å². The van der Waals surface area contributed by atoms with Gasteiger partial charge in [-0.3, -0.25) is 0 Å². The highest BCUT2D eigenvalue weighted by molar-refractivity contribution is 9.10. The highest BCUT2D eigenvalue weighted by Crippen LogP contribution is 2.29. The van der Waals surface area contributed by atoms with Crippen molar-refractivity contribution in [2.75, 3.05) is 5.73 Å². The molecule has 0 aliphatic rings. The minimum Gasteiger partial charge on any atom is -0.456 e. The molecule has 0 fully saturated rings. The van der Waals surface area contributed by atoms with Gasteiger partial charge in [-0.2, -0.15) is 5.26 Å². The third kappa shape index (κ3) is 2.77. The smallest absolute Gasteiger partial charge is 0.145 e. The monoisotopic (exact) mass is 288 g/mol. The summed E-state index contributed by atoms with van der Waals surface area (Å²) < 4.78 is 6.46. The van der Waals surface area contributed by atoms with Gasteiger partial charge >= 0.3 is 0 Å². The van der Waals surface area contributed by atoms with Gasteiger partial charge in [0.25, 0.3) is 0 Å². The van der Waals surface area contributed by atoms with E-state index in [1.807, 2.05) is 6.07 Å².